The van der Waals surface area contributed by atoms with Gasteiger partial charge in [0.15, 0.2) is 0 Å². The standard InChI is InChI=1S/C12H13ClN2/c13-10-2-1-8-5-11-9(7-14)3-4-15(11)12(8)6-10/h1-2,5-6,9H,3-4,7,14H2. The second kappa shape index (κ2) is 3.26. The number of fused-ring (bicyclic) bond motifs is 3. The van der Waals surface area contributed by atoms with Crippen LogP contribution in [0.5, 0.6) is 0 Å². The van der Waals surface area contributed by atoms with E-state index in [2.05, 4.69) is 16.7 Å². The van der Waals surface area contributed by atoms with E-state index >= 15 is 0 Å². The molecule has 1 aromatic heterocycles. The predicted octanol–water partition coefficient (Wildman–Crippen LogP) is 2.74. The molecule has 3 heteroatoms. The van der Waals surface area contributed by atoms with E-state index in [1.807, 2.05) is 12.1 Å². The summed E-state index contributed by atoms with van der Waals surface area (Å²) in [5.74, 6) is 0.524. The summed E-state index contributed by atoms with van der Waals surface area (Å²) in [6.07, 6.45) is 1.16. The fraction of sp³-hybridized carbons (Fsp3) is 0.333. The quantitative estimate of drug-likeness (QED) is 0.787. The molecule has 15 heavy (non-hydrogen) atoms. The highest BCUT2D eigenvalue weighted by atomic mass is 35.5. The molecule has 2 N–H and O–H groups in total. The summed E-state index contributed by atoms with van der Waals surface area (Å²) >= 11 is 6.01. The Morgan fingerprint density at radius 3 is 3.07 bits per heavy atom. The van der Waals surface area contributed by atoms with Crippen LogP contribution in [0.4, 0.5) is 0 Å². The van der Waals surface area contributed by atoms with Crippen molar-refractivity contribution in [2.45, 2.75) is 18.9 Å². The van der Waals surface area contributed by atoms with Crippen LogP contribution in [0.1, 0.15) is 18.0 Å². The van der Waals surface area contributed by atoms with Crippen molar-refractivity contribution < 1.29 is 0 Å². The Hall–Kier alpha value is -0.990. The molecule has 1 aliphatic rings. The van der Waals surface area contributed by atoms with Crippen molar-refractivity contribution in [3.8, 4) is 0 Å². The number of halogens is 1. The number of benzene rings is 1. The van der Waals surface area contributed by atoms with Crippen molar-refractivity contribution in [2.75, 3.05) is 6.54 Å². The molecule has 3 rings (SSSR count). The van der Waals surface area contributed by atoms with E-state index in [0.717, 1.165) is 24.5 Å². The summed E-state index contributed by atoms with van der Waals surface area (Å²) in [6.45, 7) is 1.81. The predicted molar refractivity (Wildman–Crippen MR) is 63.4 cm³/mol. The van der Waals surface area contributed by atoms with E-state index in [-0.39, 0.29) is 0 Å². The number of rotatable bonds is 1. The molecule has 2 heterocycles. The van der Waals surface area contributed by atoms with Gasteiger partial charge in [-0.2, -0.15) is 0 Å². The second-order valence-electron chi connectivity index (χ2n) is 4.15. The maximum atomic E-state index is 6.01. The fourth-order valence-corrected chi connectivity index (χ4v) is 2.67. The van der Waals surface area contributed by atoms with Crippen molar-refractivity contribution in [3.05, 3.63) is 35.0 Å². The monoisotopic (exact) mass is 220 g/mol. The van der Waals surface area contributed by atoms with Gasteiger partial charge in [0.1, 0.15) is 0 Å². The van der Waals surface area contributed by atoms with Crippen LogP contribution < -0.4 is 5.73 Å². The SMILES string of the molecule is NCC1CCn2c1cc1ccc(Cl)cc12. The van der Waals surface area contributed by atoms with Gasteiger partial charge in [-0.05, 0) is 30.0 Å². The molecule has 0 spiro atoms. The molecule has 0 bridgehead atoms. The summed E-state index contributed by atoms with van der Waals surface area (Å²) in [5.41, 5.74) is 8.38. The second-order valence-corrected chi connectivity index (χ2v) is 4.58. The topological polar surface area (TPSA) is 30.9 Å². The number of hydrogen-bond donors (Lipinski definition) is 1. The lowest BCUT2D eigenvalue weighted by Gasteiger charge is -2.03. The van der Waals surface area contributed by atoms with Gasteiger partial charge in [-0.15, -0.1) is 0 Å². The average molecular weight is 221 g/mol. The van der Waals surface area contributed by atoms with Crippen LogP contribution in [0.15, 0.2) is 24.3 Å². The number of aryl methyl sites for hydroxylation is 1. The molecule has 1 aliphatic heterocycles. The Kier molecular flexibility index (Phi) is 2.01. The lowest BCUT2D eigenvalue weighted by molar-refractivity contribution is 0.673. The molecule has 0 saturated heterocycles. The lowest BCUT2D eigenvalue weighted by atomic mass is 10.1. The van der Waals surface area contributed by atoms with Crippen LogP contribution in [0.25, 0.3) is 10.9 Å². The summed E-state index contributed by atoms with van der Waals surface area (Å²) in [5, 5.41) is 2.08. The van der Waals surface area contributed by atoms with Crippen molar-refractivity contribution in [2.24, 2.45) is 5.73 Å². The van der Waals surface area contributed by atoms with Crippen LogP contribution in [0, 0.1) is 0 Å². The van der Waals surface area contributed by atoms with E-state index in [9.17, 15) is 0 Å². The molecule has 0 saturated carbocycles. The summed E-state index contributed by atoms with van der Waals surface area (Å²) in [7, 11) is 0. The summed E-state index contributed by atoms with van der Waals surface area (Å²) in [6, 6.07) is 8.31. The number of hydrogen-bond acceptors (Lipinski definition) is 1. The largest absolute Gasteiger partial charge is 0.344 e. The van der Waals surface area contributed by atoms with Gasteiger partial charge < -0.3 is 10.3 Å². The molecule has 0 radical (unpaired) electrons. The van der Waals surface area contributed by atoms with Crippen LogP contribution in [-0.4, -0.2) is 11.1 Å². The third kappa shape index (κ3) is 1.29. The minimum Gasteiger partial charge on any atom is -0.344 e. The Morgan fingerprint density at radius 1 is 1.40 bits per heavy atom. The average Bonchev–Trinajstić information content (AvgIpc) is 2.76. The van der Waals surface area contributed by atoms with E-state index in [4.69, 9.17) is 17.3 Å². The van der Waals surface area contributed by atoms with Crippen molar-refractivity contribution in [1.82, 2.24) is 4.57 Å². The maximum absolute atomic E-state index is 6.01. The van der Waals surface area contributed by atoms with Gasteiger partial charge in [0.05, 0.1) is 0 Å². The minimum absolute atomic E-state index is 0.524. The first-order valence-electron chi connectivity index (χ1n) is 5.28. The molecule has 2 nitrogen and oxygen atoms in total. The van der Waals surface area contributed by atoms with Gasteiger partial charge in [-0.3, -0.25) is 0 Å². The minimum atomic E-state index is 0.524. The van der Waals surface area contributed by atoms with Crippen LogP contribution in [-0.2, 0) is 6.54 Å². The van der Waals surface area contributed by atoms with E-state index < -0.39 is 0 Å². The normalized spacial score (nSPS) is 19.7. The van der Waals surface area contributed by atoms with E-state index in [1.165, 1.54) is 16.6 Å². The third-order valence-electron chi connectivity index (χ3n) is 3.30. The molecular formula is C12H13ClN2. The molecule has 1 atom stereocenters. The molecule has 0 amide bonds. The number of aromatic nitrogens is 1. The van der Waals surface area contributed by atoms with Crippen LogP contribution >= 0.6 is 11.6 Å². The Morgan fingerprint density at radius 2 is 2.27 bits per heavy atom. The smallest absolute Gasteiger partial charge is 0.0497 e. The van der Waals surface area contributed by atoms with Crippen molar-refractivity contribution >= 4 is 22.5 Å². The maximum Gasteiger partial charge on any atom is 0.0497 e. The molecule has 78 valence electrons. The fourth-order valence-electron chi connectivity index (χ4n) is 2.51. The van der Waals surface area contributed by atoms with E-state index in [1.54, 1.807) is 0 Å². The Bertz CT molecular complexity index is 516. The molecule has 2 aromatic rings. The molecule has 1 aromatic carbocycles. The van der Waals surface area contributed by atoms with Crippen LogP contribution in [0.3, 0.4) is 0 Å². The lowest BCUT2D eigenvalue weighted by Crippen LogP contribution is -2.08. The highest BCUT2D eigenvalue weighted by molar-refractivity contribution is 6.31. The van der Waals surface area contributed by atoms with Gasteiger partial charge >= 0.3 is 0 Å². The third-order valence-corrected chi connectivity index (χ3v) is 3.54. The first kappa shape index (κ1) is 9.25. The zero-order valence-corrected chi connectivity index (χ0v) is 9.17. The van der Waals surface area contributed by atoms with Crippen molar-refractivity contribution in [3.63, 3.8) is 0 Å². The van der Waals surface area contributed by atoms with Gasteiger partial charge in [0.2, 0.25) is 0 Å². The molecule has 1 unspecified atom stereocenters. The van der Waals surface area contributed by atoms with E-state index in [0.29, 0.717) is 5.92 Å². The molecule has 0 fully saturated rings. The van der Waals surface area contributed by atoms with Crippen molar-refractivity contribution in [1.29, 1.82) is 0 Å². The number of nitrogens with zero attached hydrogens (tertiary/aromatic N) is 1. The van der Waals surface area contributed by atoms with Gasteiger partial charge in [-0.1, -0.05) is 17.7 Å². The first-order chi connectivity index (χ1) is 7.29. The summed E-state index contributed by atoms with van der Waals surface area (Å²) in [4.78, 5) is 0. The number of nitrogens with two attached hydrogens (primary N) is 1. The highest BCUT2D eigenvalue weighted by Gasteiger charge is 2.23. The molecule has 0 aliphatic carbocycles. The van der Waals surface area contributed by atoms with Gasteiger partial charge in [0, 0.05) is 35.2 Å². The van der Waals surface area contributed by atoms with Gasteiger partial charge in [0.25, 0.3) is 0 Å². The molecular weight excluding hydrogens is 208 g/mol. The zero-order chi connectivity index (χ0) is 10.4. The van der Waals surface area contributed by atoms with Crippen LogP contribution in [0.2, 0.25) is 5.02 Å². The Balaban J connectivity index is 2.26. The zero-order valence-electron chi connectivity index (χ0n) is 8.41. The summed E-state index contributed by atoms with van der Waals surface area (Å²) < 4.78 is 2.35. The Labute approximate surface area is 93.6 Å². The van der Waals surface area contributed by atoms with Gasteiger partial charge in [-0.25, -0.2) is 0 Å². The first-order valence-corrected chi connectivity index (χ1v) is 5.66. The highest BCUT2D eigenvalue weighted by Crippen LogP contribution is 2.34.